The predicted molar refractivity (Wildman–Crippen MR) is 233 cm³/mol. The second-order valence-electron chi connectivity index (χ2n) is 15.3. The van der Waals surface area contributed by atoms with Crippen molar-refractivity contribution in [2.75, 3.05) is 4.90 Å². The Bertz CT molecular complexity index is 3000. The second-order valence-corrected chi connectivity index (χ2v) is 15.3. The van der Waals surface area contributed by atoms with Gasteiger partial charge < -0.3 is 4.90 Å². The van der Waals surface area contributed by atoms with Crippen molar-refractivity contribution < 1.29 is 0 Å². The summed E-state index contributed by atoms with van der Waals surface area (Å²) in [5.41, 5.74) is 18.6. The first kappa shape index (κ1) is 32.3. The first-order valence-electron chi connectivity index (χ1n) is 19.3. The molecule has 1 aliphatic carbocycles. The normalized spacial score (nSPS) is 13.0. The highest BCUT2D eigenvalue weighted by atomic mass is 15.2. The number of imidazole rings is 2. The Balaban J connectivity index is 1.10. The van der Waals surface area contributed by atoms with E-state index in [1.807, 2.05) is 0 Å². The van der Waals surface area contributed by atoms with Gasteiger partial charge in [0, 0.05) is 28.2 Å². The summed E-state index contributed by atoms with van der Waals surface area (Å²) < 4.78 is 4.67. The van der Waals surface area contributed by atoms with Crippen molar-refractivity contribution in [3.05, 3.63) is 205 Å². The predicted octanol–water partition coefficient (Wildman–Crippen LogP) is 13.5. The van der Waals surface area contributed by atoms with Gasteiger partial charge >= 0.3 is 0 Å². The lowest BCUT2D eigenvalue weighted by molar-refractivity contribution is 0.660. The van der Waals surface area contributed by atoms with Crippen molar-refractivity contribution in [3.8, 4) is 39.1 Å². The molecular weight excluding hydrogens is 681 g/mol. The molecule has 11 rings (SSSR count). The van der Waals surface area contributed by atoms with Crippen LogP contribution in [0.3, 0.4) is 0 Å². The number of rotatable bonds is 6. The molecule has 0 N–H and O–H groups in total. The van der Waals surface area contributed by atoms with Crippen molar-refractivity contribution >= 4 is 44.9 Å². The van der Waals surface area contributed by atoms with Crippen LogP contribution in [0, 0.1) is 0 Å². The molecule has 266 valence electrons. The van der Waals surface area contributed by atoms with Crippen LogP contribution in [0.25, 0.3) is 66.9 Å². The second kappa shape index (κ2) is 12.4. The number of fused-ring (bicyclic) bond motifs is 8. The summed E-state index contributed by atoms with van der Waals surface area (Å²) in [6.07, 6.45) is 0. The fourth-order valence-corrected chi connectivity index (χ4v) is 8.93. The van der Waals surface area contributed by atoms with Crippen LogP contribution >= 0.6 is 0 Å². The van der Waals surface area contributed by atoms with E-state index in [0.29, 0.717) is 0 Å². The van der Waals surface area contributed by atoms with Crippen LogP contribution in [0.15, 0.2) is 194 Å². The summed E-state index contributed by atoms with van der Waals surface area (Å²) in [4.78, 5) is 7.64. The van der Waals surface area contributed by atoms with E-state index in [0.717, 1.165) is 50.6 Å². The van der Waals surface area contributed by atoms with Gasteiger partial charge in [-0.2, -0.15) is 0 Å². The van der Waals surface area contributed by atoms with Gasteiger partial charge in [-0.1, -0.05) is 141 Å². The van der Waals surface area contributed by atoms with Gasteiger partial charge in [-0.05, 0) is 111 Å². The third-order valence-corrected chi connectivity index (χ3v) is 11.7. The van der Waals surface area contributed by atoms with Crippen LogP contribution in [-0.4, -0.2) is 14.0 Å². The molecule has 0 amide bonds. The Morgan fingerprint density at radius 1 is 0.429 bits per heavy atom. The number of hydrogen-bond acceptors (Lipinski definition) is 2. The Morgan fingerprint density at radius 2 is 0.982 bits per heavy atom. The van der Waals surface area contributed by atoms with E-state index in [9.17, 15) is 0 Å². The highest BCUT2D eigenvalue weighted by molar-refractivity contribution is 5.95. The third-order valence-electron chi connectivity index (χ3n) is 11.7. The summed E-state index contributed by atoms with van der Waals surface area (Å²) in [5.74, 6) is 0.901. The van der Waals surface area contributed by atoms with Crippen LogP contribution in [0.5, 0.6) is 0 Å². The Labute approximate surface area is 326 Å². The molecule has 0 fully saturated rings. The van der Waals surface area contributed by atoms with E-state index in [4.69, 9.17) is 4.98 Å². The SMILES string of the molecule is CC1(C)c2ccccc2-c2ccc(-n3c4ccc(N(c5ccc(-c6ccccc6)cc5)c5ccc(-c6ccccc6)cc5)cc4n4c5ccccc5nc34)cc21. The molecule has 56 heavy (non-hydrogen) atoms. The number of hydrogen-bond donors (Lipinski definition) is 0. The van der Waals surface area contributed by atoms with E-state index in [1.54, 1.807) is 0 Å². The van der Waals surface area contributed by atoms with E-state index in [2.05, 4.69) is 222 Å². The smallest absolute Gasteiger partial charge is 0.220 e. The van der Waals surface area contributed by atoms with Gasteiger partial charge in [0.25, 0.3) is 0 Å². The van der Waals surface area contributed by atoms with E-state index in [1.165, 1.54) is 44.5 Å². The van der Waals surface area contributed by atoms with Crippen molar-refractivity contribution in [1.29, 1.82) is 0 Å². The maximum absolute atomic E-state index is 5.28. The minimum Gasteiger partial charge on any atom is -0.310 e. The minimum absolute atomic E-state index is 0.110. The quantitative estimate of drug-likeness (QED) is 0.171. The average molecular weight is 719 g/mol. The molecule has 0 radical (unpaired) electrons. The van der Waals surface area contributed by atoms with Crippen LogP contribution in [0.2, 0.25) is 0 Å². The minimum atomic E-state index is -0.110. The lowest BCUT2D eigenvalue weighted by atomic mass is 9.82. The van der Waals surface area contributed by atoms with Gasteiger partial charge in [0.1, 0.15) is 0 Å². The molecule has 0 spiro atoms. The number of nitrogens with zero attached hydrogens (tertiary/aromatic N) is 4. The van der Waals surface area contributed by atoms with Crippen LogP contribution < -0.4 is 4.90 Å². The van der Waals surface area contributed by atoms with Crippen molar-refractivity contribution in [2.24, 2.45) is 0 Å². The number of aromatic nitrogens is 3. The van der Waals surface area contributed by atoms with Gasteiger partial charge in [-0.25, -0.2) is 4.98 Å². The van der Waals surface area contributed by atoms with Crippen molar-refractivity contribution in [2.45, 2.75) is 19.3 Å². The highest BCUT2D eigenvalue weighted by Crippen LogP contribution is 2.49. The topological polar surface area (TPSA) is 25.5 Å². The number of benzene rings is 8. The standard InChI is InChI=1S/C52H38N4/c1-52(2)45-18-10-9-17-43(45)44-31-29-41(33-46(44)52)55-49-32-30-42(34-50(49)56-48-20-12-11-19-47(48)53-51(55)56)54(39-25-21-37(22-26-39)35-13-5-3-6-14-35)40-27-23-38(24-28-40)36-15-7-4-8-16-36/h3-34H,1-2H3. The zero-order chi connectivity index (χ0) is 37.4. The van der Waals surface area contributed by atoms with Crippen LogP contribution in [0.1, 0.15) is 25.0 Å². The van der Waals surface area contributed by atoms with Gasteiger partial charge in [0.15, 0.2) is 0 Å². The van der Waals surface area contributed by atoms with E-state index in [-0.39, 0.29) is 5.41 Å². The Morgan fingerprint density at radius 3 is 1.66 bits per heavy atom. The lowest BCUT2D eigenvalue weighted by Gasteiger charge is -2.26. The molecule has 0 atom stereocenters. The van der Waals surface area contributed by atoms with E-state index < -0.39 is 0 Å². The van der Waals surface area contributed by atoms with Crippen LogP contribution in [0.4, 0.5) is 17.1 Å². The fourth-order valence-electron chi connectivity index (χ4n) is 8.93. The van der Waals surface area contributed by atoms with Crippen molar-refractivity contribution in [3.63, 3.8) is 0 Å². The molecular formula is C52H38N4. The Hall–Kier alpha value is -7.17. The zero-order valence-corrected chi connectivity index (χ0v) is 31.3. The molecule has 0 bridgehead atoms. The summed E-state index contributed by atoms with van der Waals surface area (Å²) in [7, 11) is 0. The molecule has 8 aromatic carbocycles. The molecule has 10 aromatic rings. The maximum Gasteiger partial charge on any atom is 0.220 e. The molecule has 0 aliphatic heterocycles. The fraction of sp³-hybridized carbons (Fsp3) is 0.0577. The zero-order valence-electron chi connectivity index (χ0n) is 31.3. The Kier molecular flexibility index (Phi) is 7.17. The molecule has 0 unspecified atom stereocenters. The average Bonchev–Trinajstić information content (AvgIpc) is 3.86. The molecule has 2 aromatic heterocycles. The monoisotopic (exact) mass is 718 g/mol. The summed E-state index contributed by atoms with van der Waals surface area (Å²) >= 11 is 0. The molecule has 0 saturated heterocycles. The summed E-state index contributed by atoms with van der Waals surface area (Å²) in [6.45, 7) is 4.68. The largest absolute Gasteiger partial charge is 0.310 e. The molecule has 1 aliphatic rings. The summed E-state index contributed by atoms with van der Waals surface area (Å²) in [5, 5.41) is 0. The lowest BCUT2D eigenvalue weighted by Crippen LogP contribution is -2.15. The maximum atomic E-state index is 5.28. The van der Waals surface area contributed by atoms with E-state index >= 15 is 0 Å². The molecule has 4 nitrogen and oxygen atoms in total. The van der Waals surface area contributed by atoms with Gasteiger partial charge in [-0.3, -0.25) is 8.97 Å². The first-order chi connectivity index (χ1) is 27.5. The first-order valence-corrected chi connectivity index (χ1v) is 19.3. The highest BCUT2D eigenvalue weighted by Gasteiger charge is 2.35. The van der Waals surface area contributed by atoms with Gasteiger partial charge in [0.2, 0.25) is 5.78 Å². The summed E-state index contributed by atoms with van der Waals surface area (Å²) in [6, 6.07) is 70.1. The van der Waals surface area contributed by atoms with Crippen molar-refractivity contribution in [1.82, 2.24) is 14.0 Å². The number of para-hydroxylation sites is 2. The van der Waals surface area contributed by atoms with Crippen LogP contribution in [-0.2, 0) is 5.41 Å². The third kappa shape index (κ3) is 4.96. The van der Waals surface area contributed by atoms with Gasteiger partial charge in [0.05, 0.1) is 22.1 Å². The van der Waals surface area contributed by atoms with Gasteiger partial charge in [-0.15, -0.1) is 0 Å². The number of anilines is 3. The molecule has 0 saturated carbocycles. The molecule has 4 heteroatoms. The molecule has 2 heterocycles.